The lowest BCUT2D eigenvalue weighted by atomic mass is 9.91. The molecule has 11 heteroatoms. The molecule has 0 radical (unpaired) electrons. The second kappa shape index (κ2) is 8.88. The third-order valence-electron chi connectivity index (χ3n) is 5.91. The molecule has 4 aromatic rings. The number of hydrogen-bond donors (Lipinski definition) is 1. The summed E-state index contributed by atoms with van der Waals surface area (Å²) in [6, 6.07) is 7.59. The van der Waals surface area contributed by atoms with Crippen LogP contribution < -0.4 is 10.2 Å². The maximum absolute atomic E-state index is 6.47. The van der Waals surface area contributed by atoms with Crippen molar-refractivity contribution in [3.8, 4) is 22.3 Å². The van der Waals surface area contributed by atoms with Gasteiger partial charge in [0, 0.05) is 73.1 Å². The van der Waals surface area contributed by atoms with Crippen LogP contribution in [0.5, 0.6) is 0 Å². The van der Waals surface area contributed by atoms with E-state index in [0.717, 1.165) is 46.7 Å². The Bertz CT molecular complexity index is 1220. The molecule has 0 spiro atoms. The molecule has 1 N–H and O–H groups in total. The lowest BCUT2D eigenvalue weighted by molar-refractivity contribution is 0.225. The number of piperidine rings is 1. The van der Waals surface area contributed by atoms with Gasteiger partial charge in [-0.3, -0.25) is 4.68 Å². The Morgan fingerprint density at radius 2 is 1.75 bits per heavy atom. The van der Waals surface area contributed by atoms with E-state index in [1.54, 1.807) is 10.9 Å². The first-order valence-electron chi connectivity index (χ1n) is 10.1. The molecule has 3 fully saturated rings. The third kappa shape index (κ3) is 4.04. The minimum Gasteiger partial charge on any atom is -0.353 e. The SMILES string of the molecule is ClOCl.Cn1cc(-c2cc(-c3ccc(N4CC5CC(C4)N5)nc3)c3c(Cl)cnn3c2)cn1. The Morgan fingerprint density at radius 1 is 1.00 bits per heavy atom. The largest absolute Gasteiger partial charge is 0.353 e. The zero-order valence-electron chi connectivity index (χ0n) is 17.1. The first-order valence-corrected chi connectivity index (χ1v) is 11.1. The number of pyridine rings is 2. The van der Waals surface area contributed by atoms with Crippen LogP contribution in [-0.4, -0.2) is 49.6 Å². The molecule has 3 aliphatic rings. The normalized spacial score (nSPS) is 19.4. The molecule has 8 nitrogen and oxygen atoms in total. The fourth-order valence-electron chi connectivity index (χ4n) is 4.47. The van der Waals surface area contributed by atoms with Crippen molar-refractivity contribution in [3.63, 3.8) is 0 Å². The molecule has 0 amide bonds. The Hall–Kier alpha value is -2.36. The number of halogens is 3. The summed E-state index contributed by atoms with van der Waals surface area (Å²) in [6.45, 7) is 2.05. The number of anilines is 1. The number of nitrogens with one attached hydrogen (secondary N) is 1. The molecule has 0 saturated carbocycles. The van der Waals surface area contributed by atoms with Gasteiger partial charge in [0.15, 0.2) is 0 Å². The Morgan fingerprint density at radius 3 is 2.38 bits per heavy atom. The van der Waals surface area contributed by atoms with Gasteiger partial charge >= 0.3 is 0 Å². The van der Waals surface area contributed by atoms with Crippen LogP contribution in [0.15, 0.2) is 49.2 Å². The van der Waals surface area contributed by atoms with Crippen LogP contribution in [0.1, 0.15) is 6.42 Å². The van der Waals surface area contributed by atoms with Crippen LogP contribution in [0, 0.1) is 0 Å². The van der Waals surface area contributed by atoms with Crippen molar-refractivity contribution in [3.05, 3.63) is 54.2 Å². The Balaban J connectivity index is 0.000000684. The molecule has 0 aromatic carbocycles. The quantitative estimate of drug-likeness (QED) is 0.459. The summed E-state index contributed by atoms with van der Waals surface area (Å²) in [5.74, 6) is 1.03. The zero-order chi connectivity index (χ0) is 22.2. The first-order chi connectivity index (χ1) is 15.6. The number of fused-ring (bicyclic) bond motifs is 3. The van der Waals surface area contributed by atoms with Crippen LogP contribution in [0.3, 0.4) is 0 Å². The molecular weight excluding hydrogens is 473 g/mol. The lowest BCUT2D eigenvalue weighted by Gasteiger charge is -2.48. The number of hydrogen-bond acceptors (Lipinski definition) is 6. The summed E-state index contributed by atoms with van der Waals surface area (Å²) in [6.07, 6.45) is 10.7. The van der Waals surface area contributed by atoms with Crippen molar-refractivity contribution >= 4 is 46.7 Å². The van der Waals surface area contributed by atoms with Crippen LogP contribution >= 0.6 is 35.3 Å². The number of rotatable bonds is 3. The van der Waals surface area contributed by atoms with Crippen LogP contribution in [0.2, 0.25) is 5.02 Å². The van der Waals surface area contributed by atoms with Gasteiger partial charge in [-0.1, -0.05) is 11.6 Å². The molecule has 2 atom stereocenters. The predicted molar refractivity (Wildman–Crippen MR) is 126 cm³/mol. The fraction of sp³-hybridized carbons (Fsp3) is 0.286. The topological polar surface area (TPSA) is 72.5 Å². The molecule has 3 saturated heterocycles. The molecule has 2 unspecified atom stereocenters. The van der Waals surface area contributed by atoms with Gasteiger partial charge in [0.05, 0.1) is 46.7 Å². The van der Waals surface area contributed by atoms with E-state index < -0.39 is 0 Å². The average Bonchev–Trinajstić information content (AvgIpc) is 3.39. The van der Waals surface area contributed by atoms with E-state index in [2.05, 4.69) is 66.2 Å². The first kappa shape index (κ1) is 21.5. The molecule has 4 aromatic heterocycles. The van der Waals surface area contributed by atoms with Crippen molar-refractivity contribution in [2.75, 3.05) is 18.0 Å². The molecule has 3 aliphatic heterocycles. The van der Waals surface area contributed by atoms with E-state index in [9.17, 15) is 0 Å². The second-order valence-electron chi connectivity index (χ2n) is 8.00. The van der Waals surface area contributed by atoms with Gasteiger partial charge in [-0.15, -0.1) is 0 Å². The summed E-state index contributed by atoms with van der Waals surface area (Å²) in [5.41, 5.74) is 4.99. The molecule has 0 aliphatic carbocycles. The summed E-state index contributed by atoms with van der Waals surface area (Å²) >= 11 is 15.0. The molecule has 32 heavy (non-hydrogen) atoms. The van der Waals surface area contributed by atoms with Gasteiger partial charge in [-0.05, 0) is 24.6 Å². The summed E-state index contributed by atoms with van der Waals surface area (Å²) in [7, 11) is 1.91. The van der Waals surface area contributed by atoms with Crippen molar-refractivity contribution < 1.29 is 3.84 Å². The van der Waals surface area contributed by atoms with E-state index in [1.165, 1.54) is 6.42 Å². The summed E-state index contributed by atoms with van der Waals surface area (Å²) in [4.78, 5) is 7.14. The van der Waals surface area contributed by atoms with E-state index >= 15 is 0 Å². The zero-order valence-corrected chi connectivity index (χ0v) is 19.4. The van der Waals surface area contributed by atoms with Gasteiger partial charge in [0.25, 0.3) is 0 Å². The van der Waals surface area contributed by atoms with Gasteiger partial charge in [0.2, 0.25) is 0 Å². The van der Waals surface area contributed by atoms with Gasteiger partial charge in [-0.2, -0.15) is 14.0 Å². The van der Waals surface area contributed by atoms with Crippen LogP contribution in [-0.2, 0) is 10.9 Å². The van der Waals surface area contributed by atoms with E-state index in [4.69, 9.17) is 16.6 Å². The molecule has 7 rings (SSSR count). The smallest absolute Gasteiger partial charge is 0.128 e. The fourth-order valence-corrected chi connectivity index (χ4v) is 4.70. The third-order valence-corrected chi connectivity index (χ3v) is 6.19. The number of nitrogens with zero attached hydrogens (tertiary/aromatic N) is 6. The van der Waals surface area contributed by atoms with Crippen molar-refractivity contribution in [2.24, 2.45) is 7.05 Å². The monoisotopic (exact) mass is 491 g/mol. The van der Waals surface area contributed by atoms with Crippen LogP contribution in [0.25, 0.3) is 27.8 Å². The molecule has 166 valence electrons. The highest BCUT2D eigenvalue weighted by atomic mass is 35.6. The van der Waals surface area contributed by atoms with E-state index in [-0.39, 0.29) is 0 Å². The van der Waals surface area contributed by atoms with Gasteiger partial charge in [-0.25, -0.2) is 9.50 Å². The lowest BCUT2D eigenvalue weighted by Crippen LogP contribution is -2.67. The second-order valence-corrected chi connectivity index (χ2v) is 8.87. The molecule has 2 bridgehead atoms. The number of piperazine rings is 1. The minimum atomic E-state index is 0.608. The van der Waals surface area contributed by atoms with Gasteiger partial charge in [0.1, 0.15) is 5.82 Å². The molecular formula is C21H20Cl3N7O. The van der Waals surface area contributed by atoms with Crippen molar-refractivity contribution in [2.45, 2.75) is 18.5 Å². The highest BCUT2D eigenvalue weighted by molar-refractivity contribution is 6.34. The highest BCUT2D eigenvalue weighted by Crippen LogP contribution is 2.34. The maximum Gasteiger partial charge on any atom is 0.128 e. The minimum absolute atomic E-state index is 0.608. The maximum atomic E-state index is 6.47. The number of aryl methyl sites for hydroxylation is 1. The predicted octanol–water partition coefficient (Wildman–Crippen LogP) is 4.31. The summed E-state index contributed by atoms with van der Waals surface area (Å²) in [5, 5.41) is 12.9. The highest BCUT2D eigenvalue weighted by Gasteiger charge is 2.36. The number of aromatic nitrogens is 5. The summed E-state index contributed by atoms with van der Waals surface area (Å²) < 4.78 is 6.82. The van der Waals surface area contributed by atoms with E-state index in [0.29, 0.717) is 17.1 Å². The van der Waals surface area contributed by atoms with Crippen LogP contribution in [0.4, 0.5) is 5.82 Å². The standard InChI is InChI=1S/C21H20ClN7.Cl2O/c1-27-9-15(7-24-27)14-4-18(21-19(22)8-25-29(21)10-14)13-2-3-20(23-6-13)28-11-16-5-17(12-28)26-16;1-3-2/h2-4,6-10,16-17,26H,5,11-12H2,1H3;. The average molecular weight is 493 g/mol. The Kier molecular flexibility index (Phi) is 5.96. The van der Waals surface area contributed by atoms with Crippen molar-refractivity contribution in [1.29, 1.82) is 0 Å². The van der Waals surface area contributed by atoms with Crippen molar-refractivity contribution in [1.82, 2.24) is 29.7 Å². The van der Waals surface area contributed by atoms with E-state index in [1.807, 2.05) is 36.4 Å². The Labute approximate surface area is 200 Å². The van der Waals surface area contributed by atoms with Gasteiger partial charge < -0.3 is 10.2 Å². The molecule has 7 heterocycles.